The van der Waals surface area contributed by atoms with Crippen molar-refractivity contribution < 1.29 is 19.1 Å². The molecule has 2 aliphatic rings. The monoisotopic (exact) mass is 380 g/mol. The summed E-state index contributed by atoms with van der Waals surface area (Å²) >= 11 is 5.95. The Bertz CT molecular complexity index is 709. The van der Waals surface area contributed by atoms with Gasteiger partial charge in [0.25, 0.3) is 5.91 Å². The number of fused-ring (bicyclic) bond motifs is 2. The Morgan fingerprint density at radius 2 is 2.12 bits per heavy atom. The van der Waals surface area contributed by atoms with E-state index >= 15 is 0 Å². The van der Waals surface area contributed by atoms with E-state index in [1.165, 1.54) is 44.9 Å². The molecule has 2 saturated carbocycles. The number of ether oxygens (including phenoxy) is 2. The van der Waals surface area contributed by atoms with Crippen LogP contribution in [0.4, 0.5) is 5.69 Å². The van der Waals surface area contributed by atoms with E-state index in [9.17, 15) is 9.59 Å². The lowest BCUT2D eigenvalue weighted by molar-refractivity contribution is -0.125. The van der Waals surface area contributed by atoms with Crippen LogP contribution in [0, 0.1) is 17.8 Å². The Balaban J connectivity index is 1.53. The van der Waals surface area contributed by atoms with E-state index in [4.69, 9.17) is 26.8 Å². The molecule has 26 heavy (non-hydrogen) atoms. The number of benzene rings is 1. The van der Waals surface area contributed by atoms with Crippen LogP contribution in [-0.4, -0.2) is 31.6 Å². The number of anilines is 1. The molecule has 2 fully saturated rings. The van der Waals surface area contributed by atoms with Crippen LogP contribution < -0.4 is 15.8 Å². The Hall–Kier alpha value is -1.95. The molecule has 0 radical (unpaired) electrons. The number of carbonyl (C=O) groups is 2. The molecule has 3 rings (SSSR count). The zero-order valence-corrected chi connectivity index (χ0v) is 15.8. The number of amides is 1. The molecule has 6 nitrogen and oxygen atoms in total. The summed E-state index contributed by atoms with van der Waals surface area (Å²) in [5.41, 5.74) is 6.14. The third-order valence-electron chi connectivity index (χ3n) is 5.70. The second kappa shape index (κ2) is 7.74. The minimum atomic E-state index is -0.675. The van der Waals surface area contributed by atoms with Crippen LogP contribution >= 0.6 is 11.6 Å². The van der Waals surface area contributed by atoms with Gasteiger partial charge in [-0.2, -0.15) is 0 Å². The smallest absolute Gasteiger partial charge is 0.342 e. The number of nitrogen functional groups attached to an aromatic ring is 1. The Kier molecular flexibility index (Phi) is 5.61. The number of hydrogen-bond donors (Lipinski definition) is 2. The zero-order valence-electron chi connectivity index (χ0n) is 15.1. The first-order chi connectivity index (χ1) is 12.4. The molecule has 0 aliphatic heterocycles. The predicted octanol–water partition coefficient (Wildman–Crippen LogP) is 3.03. The van der Waals surface area contributed by atoms with Gasteiger partial charge < -0.3 is 20.5 Å². The van der Waals surface area contributed by atoms with Gasteiger partial charge in [0.05, 0.1) is 17.8 Å². The highest BCUT2D eigenvalue weighted by Crippen LogP contribution is 2.49. The molecule has 1 aromatic rings. The minimum absolute atomic E-state index is 0.0945. The molecule has 2 aliphatic carbocycles. The van der Waals surface area contributed by atoms with Crippen molar-refractivity contribution >= 4 is 29.2 Å². The highest BCUT2D eigenvalue weighted by Gasteiger charge is 2.42. The molecule has 7 heteroatoms. The second-order valence-corrected chi connectivity index (χ2v) is 7.75. The quantitative estimate of drug-likeness (QED) is 0.584. The standard InChI is InChI=1S/C19H25ClN2O4/c1-10(13-6-11-3-4-12(13)5-11)22-18(23)9-26-19(24)14-7-15(20)16(21)8-17(14)25-2/h7-8,10-13H,3-6,9,21H2,1-2H3,(H,22,23)/t10-,11+,12+,13+/m1/s1. The number of esters is 1. The summed E-state index contributed by atoms with van der Waals surface area (Å²) in [5.74, 6) is 1.36. The molecule has 1 aromatic carbocycles. The fourth-order valence-electron chi connectivity index (χ4n) is 4.42. The number of nitrogens with one attached hydrogen (secondary N) is 1. The fourth-order valence-corrected chi connectivity index (χ4v) is 4.58. The first kappa shape index (κ1) is 18.8. The lowest BCUT2D eigenvalue weighted by Crippen LogP contribution is -2.42. The van der Waals surface area contributed by atoms with E-state index in [0.29, 0.717) is 11.6 Å². The van der Waals surface area contributed by atoms with Crippen molar-refractivity contribution in [1.29, 1.82) is 0 Å². The van der Waals surface area contributed by atoms with Crippen LogP contribution in [0.3, 0.4) is 0 Å². The van der Waals surface area contributed by atoms with Gasteiger partial charge in [0, 0.05) is 12.1 Å². The highest BCUT2D eigenvalue weighted by atomic mass is 35.5. The molecule has 3 N–H and O–H groups in total. The normalized spacial score (nSPS) is 25.0. The van der Waals surface area contributed by atoms with Gasteiger partial charge in [0.1, 0.15) is 11.3 Å². The van der Waals surface area contributed by atoms with Crippen LogP contribution in [-0.2, 0) is 9.53 Å². The van der Waals surface area contributed by atoms with E-state index in [2.05, 4.69) is 5.32 Å². The van der Waals surface area contributed by atoms with Crippen LogP contribution in [0.1, 0.15) is 43.0 Å². The van der Waals surface area contributed by atoms with Crippen molar-refractivity contribution in [2.45, 2.75) is 38.6 Å². The predicted molar refractivity (Wildman–Crippen MR) is 99.2 cm³/mol. The van der Waals surface area contributed by atoms with E-state index in [1.807, 2.05) is 6.92 Å². The maximum Gasteiger partial charge on any atom is 0.342 e. The number of nitrogens with two attached hydrogens (primary N) is 1. The number of rotatable bonds is 6. The van der Waals surface area contributed by atoms with Gasteiger partial charge in [0.2, 0.25) is 0 Å². The molecular formula is C19H25ClN2O4. The second-order valence-electron chi connectivity index (χ2n) is 7.35. The number of hydrogen-bond acceptors (Lipinski definition) is 5. The molecule has 0 spiro atoms. The molecule has 0 heterocycles. The fraction of sp³-hybridized carbons (Fsp3) is 0.579. The summed E-state index contributed by atoms with van der Waals surface area (Å²) in [6, 6.07) is 2.93. The first-order valence-electron chi connectivity index (χ1n) is 8.98. The summed E-state index contributed by atoms with van der Waals surface area (Å²) in [7, 11) is 1.42. The maximum absolute atomic E-state index is 12.3. The molecule has 4 atom stereocenters. The number of halogens is 1. The summed E-state index contributed by atoms with van der Waals surface area (Å²) in [6.45, 7) is 1.70. The Morgan fingerprint density at radius 3 is 2.73 bits per heavy atom. The average Bonchev–Trinajstić information content (AvgIpc) is 3.25. The topological polar surface area (TPSA) is 90.7 Å². The third-order valence-corrected chi connectivity index (χ3v) is 6.02. The summed E-state index contributed by atoms with van der Waals surface area (Å²) < 4.78 is 10.3. The van der Waals surface area contributed by atoms with Crippen molar-refractivity contribution in [2.75, 3.05) is 19.5 Å². The van der Waals surface area contributed by atoms with Crippen molar-refractivity contribution in [3.63, 3.8) is 0 Å². The maximum atomic E-state index is 12.3. The Labute approximate surface area is 158 Å². The third kappa shape index (κ3) is 3.90. The van der Waals surface area contributed by atoms with Crippen LogP contribution in [0.5, 0.6) is 5.75 Å². The van der Waals surface area contributed by atoms with E-state index in [-0.39, 0.29) is 34.9 Å². The van der Waals surface area contributed by atoms with Crippen LogP contribution in [0.2, 0.25) is 5.02 Å². The van der Waals surface area contributed by atoms with Crippen molar-refractivity contribution in [1.82, 2.24) is 5.32 Å². The molecule has 2 bridgehead atoms. The van der Waals surface area contributed by atoms with Gasteiger partial charge in [-0.05, 0) is 50.0 Å². The highest BCUT2D eigenvalue weighted by molar-refractivity contribution is 6.33. The summed E-state index contributed by atoms with van der Waals surface area (Å²) in [5, 5.41) is 3.20. The lowest BCUT2D eigenvalue weighted by atomic mass is 9.84. The van der Waals surface area contributed by atoms with Crippen LogP contribution in [0.25, 0.3) is 0 Å². The van der Waals surface area contributed by atoms with Crippen molar-refractivity contribution in [3.8, 4) is 5.75 Å². The molecule has 1 amide bonds. The van der Waals surface area contributed by atoms with Crippen LogP contribution in [0.15, 0.2) is 12.1 Å². The minimum Gasteiger partial charge on any atom is -0.496 e. The van der Waals surface area contributed by atoms with Gasteiger partial charge >= 0.3 is 5.97 Å². The molecule has 0 aromatic heterocycles. The van der Waals surface area contributed by atoms with Crippen molar-refractivity contribution in [3.05, 3.63) is 22.7 Å². The number of carbonyl (C=O) groups excluding carboxylic acids is 2. The molecule has 0 unspecified atom stereocenters. The largest absolute Gasteiger partial charge is 0.496 e. The lowest BCUT2D eigenvalue weighted by Gasteiger charge is -2.28. The Morgan fingerprint density at radius 1 is 1.35 bits per heavy atom. The van der Waals surface area contributed by atoms with Gasteiger partial charge in [-0.25, -0.2) is 4.79 Å². The van der Waals surface area contributed by atoms with Gasteiger partial charge in [-0.3, -0.25) is 4.79 Å². The first-order valence-corrected chi connectivity index (χ1v) is 9.36. The molecule has 0 saturated heterocycles. The summed E-state index contributed by atoms with van der Waals surface area (Å²) in [4.78, 5) is 24.4. The SMILES string of the molecule is COc1cc(N)c(Cl)cc1C(=O)OCC(=O)N[C@H](C)[C@@H]1C[C@H]2CC[C@H]1C2. The van der Waals surface area contributed by atoms with Crippen molar-refractivity contribution in [2.24, 2.45) is 17.8 Å². The van der Waals surface area contributed by atoms with Gasteiger partial charge in [-0.15, -0.1) is 0 Å². The average molecular weight is 381 g/mol. The van der Waals surface area contributed by atoms with Gasteiger partial charge in [0.15, 0.2) is 6.61 Å². The van der Waals surface area contributed by atoms with E-state index in [1.54, 1.807) is 0 Å². The summed E-state index contributed by atoms with van der Waals surface area (Å²) in [6.07, 6.45) is 5.07. The van der Waals surface area contributed by atoms with E-state index < -0.39 is 5.97 Å². The van der Waals surface area contributed by atoms with E-state index in [0.717, 1.165) is 11.8 Å². The number of methoxy groups -OCH3 is 1. The zero-order chi connectivity index (χ0) is 18.8. The van der Waals surface area contributed by atoms with Gasteiger partial charge in [-0.1, -0.05) is 18.0 Å². The molecule has 142 valence electrons. The molecular weight excluding hydrogens is 356 g/mol.